The fourth-order valence-electron chi connectivity index (χ4n) is 3.12. The van der Waals surface area contributed by atoms with Gasteiger partial charge in [-0.25, -0.2) is 4.98 Å². The maximum absolute atomic E-state index is 12.3. The minimum Gasteiger partial charge on any atom is -0.378 e. The van der Waals surface area contributed by atoms with Gasteiger partial charge in [-0.15, -0.1) is 0 Å². The molecule has 0 atom stereocenters. The van der Waals surface area contributed by atoms with Crippen molar-refractivity contribution in [3.8, 4) is 0 Å². The first kappa shape index (κ1) is 19.2. The van der Waals surface area contributed by atoms with Crippen LogP contribution in [0.25, 0.3) is 0 Å². The van der Waals surface area contributed by atoms with E-state index in [-0.39, 0.29) is 5.91 Å². The van der Waals surface area contributed by atoms with Gasteiger partial charge in [-0.3, -0.25) is 4.79 Å². The van der Waals surface area contributed by atoms with Crippen molar-refractivity contribution in [1.82, 2.24) is 10.3 Å². The highest BCUT2D eigenvalue weighted by Crippen LogP contribution is 2.28. The molecule has 2 aromatic rings. The van der Waals surface area contributed by atoms with Crippen LogP contribution in [0.2, 0.25) is 0 Å². The van der Waals surface area contributed by atoms with E-state index in [1.54, 1.807) is 18.3 Å². The van der Waals surface area contributed by atoms with Crippen LogP contribution in [-0.4, -0.2) is 43.7 Å². The molecular weight excluding hydrogens is 340 g/mol. The van der Waals surface area contributed by atoms with E-state index in [4.69, 9.17) is 4.74 Å². The maximum atomic E-state index is 12.3. The second kappa shape index (κ2) is 9.92. The number of carbonyl (C=O) groups excluding carboxylic acids is 1. The van der Waals surface area contributed by atoms with Crippen LogP contribution in [-0.2, 0) is 4.74 Å². The Bertz CT molecular complexity index is 744. The largest absolute Gasteiger partial charge is 0.378 e. The van der Waals surface area contributed by atoms with Gasteiger partial charge in [-0.05, 0) is 30.7 Å². The molecule has 6 heteroatoms. The summed E-state index contributed by atoms with van der Waals surface area (Å²) in [6, 6.07) is 11.7. The highest BCUT2D eigenvalue weighted by molar-refractivity contribution is 5.95. The van der Waals surface area contributed by atoms with Gasteiger partial charge in [0.2, 0.25) is 0 Å². The predicted octanol–water partition coefficient (Wildman–Crippen LogP) is 3.58. The molecule has 0 spiro atoms. The Balaban J connectivity index is 1.68. The minimum absolute atomic E-state index is 0.0574. The van der Waals surface area contributed by atoms with Crippen LogP contribution >= 0.6 is 0 Å². The molecule has 0 bridgehead atoms. The number of anilines is 3. The van der Waals surface area contributed by atoms with E-state index < -0.39 is 0 Å². The molecule has 2 heterocycles. The third kappa shape index (κ3) is 5.44. The zero-order chi connectivity index (χ0) is 18.9. The standard InChI is InChI=1S/C21H28N4O2/c1-2-3-6-10-23-21(26)17-9-11-22-20(16-17)24-18-7-4-5-8-19(18)25-12-14-27-15-13-25/h4-5,7-9,11,16H,2-3,6,10,12-15H2,1H3,(H,22,24)(H,23,26). The second-order valence-corrected chi connectivity index (χ2v) is 6.63. The molecule has 3 rings (SSSR count). The van der Waals surface area contributed by atoms with Gasteiger partial charge in [0, 0.05) is 31.4 Å². The molecule has 0 aliphatic carbocycles. The first-order valence-electron chi connectivity index (χ1n) is 9.71. The van der Waals surface area contributed by atoms with Crippen molar-refractivity contribution in [2.45, 2.75) is 26.2 Å². The number of nitrogens with one attached hydrogen (secondary N) is 2. The van der Waals surface area contributed by atoms with Gasteiger partial charge in [0.25, 0.3) is 5.91 Å². The number of aromatic nitrogens is 1. The molecule has 1 aliphatic rings. The lowest BCUT2D eigenvalue weighted by Crippen LogP contribution is -2.36. The Morgan fingerprint density at radius 2 is 2.00 bits per heavy atom. The van der Waals surface area contributed by atoms with E-state index in [0.717, 1.165) is 56.9 Å². The highest BCUT2D eigenvalue weighted by atomic mass is 16.5. The van der Waals surface area contributed by atoms with Gasteiger partial charge in [0.05, 0.1) is 24.6 Å². The fraction of sp³-hybridized carbons (Fsp3) is 0.429. The van der Waals surface area contributed by atoms with Gasteiger partial charge >= 0.3 is 0 Å². The Labute approximate surface area is 160 Å². The third-order valence-electron chi connectivity index (χ3n) is 4.61. The lowest BCUT2D eigenvalue weighted by atomic mass is 10.2. The smallest absolute Gasteiger partial charge is 0.251 e. The van der Waals surface area contributed by atoms with Crippen molar-refractivity contribution >= 4 is 23.1 Å². The number of para-hydroxylation sites is 2. The Hall–Kier alpha value is -2.60. The summed E-state index contributed by atoms with van der Waals surface area (Å²) in [6.45, 7) is 6.06. The zero-order valence-electron chi connectivity index (χ0n) is 15.9. The lowest BCUT2D eigenvalue weighted by Gasteiger charge is -2.30. The number of carbonyl (C=O) groups is 1. The fourth-order valence-corrected chi connectivity index (χ4v) is 3.12. The molecule has 0 saturated carbocycles. The average Bonchev–Trinajstić information content (AvgIpc) is 2.72. The third-order valence-corrected chi connectivity index (χ3v) is 4.61. The Kier molecular flexibility index (Phi) is 7.04. The quantitative estimate of drug-likeness (QED) is 0.697. The van der Waals surface area contributed by atoms with Gasteiger partial charge in [-0.2, -0.15) is 0 Å². The molecule has 27 heavy (non-hydrogen) atoms. The molecule has 0 radical (unpaired) electrons. The number of hydrogen-bond donors (Lipinski definition) is 2. The number of unbranched alkanes of at least 4 members (excludes halogenated alkanes) is 2. The van der Waals surface area contributed by atoms with Crippen LogP contribution in [0.3, 0.4) is 0 Å². The number of benzene rings is 1. The van der Waals surface area contributed by atoms with Crippen molar-refractivity contribution in [2.75, 3.05) is 43.1 Å². The summed E-state index contributed by atoms with van der Waals surface area (Å²) in [5.41, 5.74) is 2.72. The lowest BCUT2D eigenvalue weighted by molar-refractivity contribution is 0.0953. The first-order valence-corrected chi connectivity index (χ1v) is 9.71. The summed E-state index contributed by atoms with van der Waals surface area (Å²) < 4.78 is 5.45. The highest BCUT2D eigenvalue weighted by Gasteiger charge is 2.15. The average molecular weight is 368 g/mol. The molecule has 2 N–H and O–H groups in total. The van der Waals surface area contributed by atoms with Crippen LogP contribution < -0.4 is 15.5 Å². The van der Waals surface area contributed by atoms with E-state index in [0.29, 0.717) is 17.9 Å². The van der Waals surface area contributed by atoms with Gasteiger partial charge in [0.1, 0.15) is 5.82 Å². The number of amides is 1. The molecule has 1 aromatic heterocycles. The summed E-state index contributed by atoms with van der Waals surface area (Å²) in [6.07, 6.45) is 4.94. The molecule has 1 amide bonds. The number of morpholine rings is 1. The van der Waals surface area contributed by atoms with E-state index >= 15 is 0 Å². The van der Waals surface area contributed by atoms with Crippen LogP contribution in [0.15, 0.2) is 42.6 Å². The van der Waals surface area contributed by atoms with E-state index in [9.17, 15) is 4.79 Å². The summed E-state index contributed by atoms with van der Waals surface area (Å²) in [4.78, 5) is 19.0. The monoisotopic (exact) mass is 368 g/mol. The van der Waals surface area contributed by atoms with Crippen LogP contribution in [0, 0.1) is 0 Å². The van der Waals surface area contributed by atoms with E-state index in [1.807, 2.05) is 18.2 Å². The van der Waals surface area contributed by atoms with Gasteiger partial charge in [0.15, 0.2) is 0 Å². The van der Waals surface area contributed by atoms with E-state index in [2.05, 4.69) is 33.5 Å². The van der Waals surface area contributed by atoms with Crippen molar-refractivity contribution in [1.29, 1.82) is 0 Å². The summed E-state index contributed by atoms with van der Waals surface area (Å²) >= 11 is 0. The van der Waals surface area contributed by atoms with Crippen molar-refractivity contribution in [3.05, 3.63) is 48.2 Å². The maximum Gasteiger partial charge on any atom is 0.251 e. The van der Waals surface area contributed by atoms with E-state index in [1.165, 1.54) is 0 Å². The van der Waals surface area contributed by atoms with Crippen LogP contribution in [0.5, 0.6) is 0 Å². The van der Waals surface area contributed by atoms with Crippen LogP contribution in [0.4, 0.5) is 17.2 Å². The number of ether oxygens (including phenoxy) is 1. The summed E-state index contributed by atoms with van der Waals surface area (Å²) in [5, 5.41) is 6.34. The van der Waals surface area contributed by atoms with Crippen LogP contribution in [0.1, 0.15) is 36.5 Å². The van der Waals surface area contributed by atoms with Gasteiger partial charge in [-0.1, -0.05) is 31.9 Å². The second-order valence-electron chi connectivity index (χ2n) is 6.63. The molecule has 1 fully saturated rings. The first-order chi connectivity index (χ1) is 13.3. The molecule has 144 valence electrons. The number of nitrogens with zero attached hydrogens (tertiary/aromatic N) is 2. The summed E-state index contributed by atoms with van der Waals surface area (Å²) in [7, 11) is 0. The Morgan fingerprint density at radius 1 is 1.19 bits per heavy atom. The molecule has 1 aliphatic heterocycles. The summed E-state index contributed by atoms with van der Waals surface area (Å²) in [5.74, 6) is 0.606. The molecular formula is C21H28N4O2. The van der Waals surface area contributed by atoms with Crippen molar-refractivity contribution in [3.63, 3.8) is 0 Å². The topological polar surface area (TPSA) is 66.5 Å². The number of rotatable bonds is 8. The SMILES string of the molecule is CCCCCNC(=O)c1ccnc(Nc2ccccc2N2CCOCC2)c1. The van der Waals surface area contributed by atoms with Crippen molar-refractivity contribution in [2.24, 2.45) is 0 Å². The molecule has 0 unspecified atom stereocenters. The Morgan fingerprint density at radius 3 is 2.81 bits per heavy atom. The minimum atomic E-state index is -0.0574. The normalized spacial score (nSPS) is 14.0. The number of pyridine rings is 1. The zero-order valence-corrected chi connectivity index (χ0v) is 15.9. The predicted molar refractivity (Wildman–Crippen MR) is 109 cm³/mol. The molecule has 1 saturated heterocycles. The molecule has 1 aromatic carbocycles. The van der Waals surface area contributed by atoms with Gasteiger partial charge < -0.3 is 20.3 Å². The number of hydrogen-bond acceptors (Lipinski definition) is 5. The molecule has 6 nitrogen and oxygen atoms in total. The van der Waals surface area contributed by atoms with Crippen molar-refractivity contribution < 1.29 is 9.53 Å².